The predicted molar refractivity (Wildman–Crippen MR) is 63.2 cm³/mol. The number of hydrogen-bond acceptors (Lipinski definition) is 4. The Balaban J connectivity index is 2.14. The van der Waals surface area contributed by atoms with E-state index in [1.54, 1.807) is 29.7 Å². The minimum atomic E-state index is -0.00262. The van der Waals surface area contributed by atoms with Crippen molar-refractivity contribution in [2.24, 2.45) is 0 Å². The number of nitrogens with zero attached hydrogens (tertiary/aromatic N) is 1. The Labute approximate surface area is 95.8 Å². The van der Waals surface area contributed by atoms with Crippen molar-refractivity contribution < 1.29 is 4.79 Å². The van der Waals surface area contributed by atoms with Gasteiger partial charge in [0.1, 0.15) is 5.01 Å². The number of carbonyl (C=O) groups excluding carboxylic acids is 1. The van der Waals surface area contributed by atoms with E-state index >= 15 is 0 Å². The molecule has 2 rings (SSSR count). The fraction of sp³-hybridized carbons (Fsp3) is 0.200. The van der Waals surface area contributed by atoms with Gasteiger partial charge in [0, 0.05) is 23.4 Å². The maximum Gasteiger partial charge on any atom is 0.225 e. The molecule has 15 heavy (non-hydrogen) atoms. The van der Waals surface area contributed by atoms with Crippen LogP contribution in [0.2, 0.25) is 0 Å². The Bertz CT molecular complexity index is 448. The zero-order valence-corrected chi connectivity index (χ0v) is 9.82. The zero-order valence-electron chi connectivity index (χ0n) is 8.19. The first-order valence-electron chi connectivity index (χ1n) is 4.47. The average molecular weight is 238 g/mol. The van der Waals surface area contributed by atoms with Crippen LogP contribution in [0.15, 0.2) is 22.2 Å². The second-order valence-corrected chi connectivity index (χ2v) is 4.64. The van der Waals surface area contributed by atoms with Gasteiger partial charge in [-0.05, 0) is 11.4 Å². The monoisotopic (exact) mass is 238 g/mol. The van der Waals surface area contributed by atoms with E-state index in [1.165, 1.54) is 0 Å². The molecule has 0 aliphatic rings. The second-order valence-electron chi connectivity index (χ2n) is 3.01. The Hall–Kier alpha value is -1.20. The first-order valence-corrected chi connectivity index (χ1v) is 6.29. The summed E-state index contributed by atoms with van der Waals surface area (Å²) >= 11 is 3.22. The van der Waals surface area contributed by atoms with Crippen LogP contribution >= 0.6 is 22.7 Å². The fourth-order valence-electron chi connectivity index (χ4n) is 1.16. The lowest BCUT2D eigenvalue weighted by Gasteiger charge is -1.94. The van der Waals surface area contributed by atoms with E-state index in [0.717, 1.165) is 16.3 Å². The molecule has 0 saturated heterocycles. The maximum atomic E-state index is 11.1. The number of nitrogens with one attached hydrogen (secondary N) is 1. The zero-order chi connectivity index (χ0) is 10.7. The highest BCUT2D eigenvalue weighted by Gasteiger charge is 2.07. The Morgan fingerprint density at radius 1 is 1.53 bits per heavy atom. The van der Waals surface area contributed by atoms with Crippen LogP contribution in [0.1, 0.15) is 5.69 Å². The van der Waals surface area contributed by atoms with Gasteiger partial charge in [-0.15, -0.1) is 11.3 Å². The van der Waals surface area contributed by atoms with Gasteiger partial charge in [-0.1, -0.05) is 0 Å². The number of carbonyl (C=O) groups is 1. The van der Waals surface area contributed by atoms with Crippen molar-refractivity contribution in [3.8, 4) is 10.6 Å². The van der Waals surface area contributed by atoms with E-state index in [-0.39, 0.29) is 5.91 Å². The van der Waals surface area contributed by atoms with Crippen molar-refractivity contribution in [1.82, 2.24) is 10.3 Å². The quantitative estimate of drug-likeness (QED) is 0.890. The number of aromatic nitrogens is 1. The first kappa shape index (κ1) is 10.3. The number of hydrogen-bond donors (Lipinski definition) is 1. The molecule has 0 unspecified atom stereocenters. The molecule has 1 N–H and O–H groups in total. The summed E-state index contributed by atoms with van der Waals surface area (Å²) in [6, 6.07) is 2.03. The van der Waals surface area contributed by atoms with Gasteiger partial charge in [0.25, 0.3) is 0 Å². The Morgan fingerprint density at radius 2 is 2.40 bits per heavy atom. The number of thiazole rings is 1. The first-order chi connectivity index (χ1) is 7.29. The van der Waals surface area contributed by atoms with E-state index in [4.69, 9.17) is 0 Å². The molecule has 0 aromatic carbocycles. The van der Waals surface area contributed by atoms with Crippen LogP contribution in [0.5, 0.6) is 0 Å². The van der Waals surface area contributed by atoms with Gasteiger partial charge in [0.05, 0.1) is 12.1 Å². The van der Waals surface area contributed by atoms with Gasteiger partial charge in [-0.3, -0.25) is 4.79 Å². The third-order valence-electron chi connectivity index (χ3n) is 1.94. The van der Waals surface area contributed by atoms with Crippen LogP contribution < -0.4 is 5.32 Å². The van der Waals surface area contributed by atoms with Gasteiger partial charge >= 0.3 is 0 Å². The van der Waals surface area contributed by atoms with Crippen molar-refractivity contribution >= 4 is 28.6 Å². The highest BCUT2D eigenvalue weighted by atomic mass is 32.1. The third-order valence-corrected chi connectivity index (χ3v) is 3.56. The molecule has 2 heterocycles. The highest BCUT2D eigenvalue weighted by molar-refractivity contribution is 7.14. The third kappa shape index (κ3) is 2.43. The lowest BCUT2D eigenvalue weighted by molar-refractivity contribution is -0.120. The van der Waals surface area contributed by atoms with Crippen molar-refractivity contribution in [3.63, 3.8) is 0 Å². The smallest absolute Gasteiger partial charge is 0.225 e. The van der Waals surface area contributed by atoms with E-state index in [1.807, 2.05) is 16.8 Å². The van der Waals surface area contributed by atoms with E-state index in [0.29, 0.717) is 6.42 Å². The molecule has 3 nitrogen and oxygen atoms in total. The van der Waals surface area contributed by atoms with Gasteiger partial charge in [-0.2, -0.15) is 11.3 Å². The number of likely N-dealkylation sites (N-methyl/N-ethyl adjacent to an activating group) is 1. The molecule has 2 aromatic heterocycles. The van der Waals surface area contributed by atoms with E-state index in [2.05, 4.69) is 15.7 Å². The van der Waals surface area contributed by atoms with Gasteiger partial charge in [-0.25, -0.2) is 4.98 Å². The molecule has 0 aliphatic heterocycles. The number of amides is 1. The fourth-order valence-corrected chi connectivity index (χ4v) is 2.69. The van der Waals surface area contributed by atoms with Crippen LogP contribution in [-0.4, -0.2) is 17.9 Å². The van der Waals surface area contributed by atoms with Crippen LogP contribution in [0.3, 0.4) is 0 Å². The summed E-state index contributed by atoms with van der Waals surface area (Å²) in [7, 11) is 1.63. The topological polar surface area (TPSA) is 42.0 Å². The summed E-state index contributed by atoms with van der Waals surface area (Å²) < 4.78 is 0. The summed E-state index contributed by atoms with van der Waals surface area (Å²) in [5, 5.41) is 9.58. The molecule has 5 heteroatoms. The van der Waals surface area contributed by atoms with Gasteiger partial charge in [0.15, 0.2) is 0 Å². The molecular formula is C10H10N2OS2. The lowest BCUT2D eigenvalue weighted by Crippen LogP contribution is -2.19. The standard InChI is InChI=1S/C10H10N2OS2/c1-11-9(13)4-8-6-15-10(12-8)7-2-3-14-5-7/h2-3,5-6H,4H2,1H3,(H,11,13). The van der Waals surface area contributed by atoms with Crippen LogP contribution in [0.25, 0.3) is 10.6 Å². The average Bonchev–Trinajstić information content (AvgIpc) is 2.85. The molecular weight excluding hydrogens is 228 g/mol. The van der Waals surface area contributed by atoms with Crippen LogP contribution in [-0.2, 0) is 11.2 Å². The normalized spacial score (nSPS) is 10.2. The molecule has 0 atom stereocenters. The molecule has 0 saturated carbocycles. The van der Waals surface area contributed by atoms with E-state index in [9.17, 15) is 4.79 Å². The van der Waals surface area contributed by atoms with Crippen molar-refractivity contribution in [2.45, 2.75) is 6.42 Å². The minimum Gasteiger partial charge on any atom is -0.359 e. The minimum absolute atomic E-state index is 0.00262. The highest BCUT2D eigenvalue weighted by Crippen LogP contribution is 2.25. The molecule has 0 bridgehead atoms. The Morgan fingerprint density at radius 3 is 3.07 bits per heavy atom. The van der Waals surface area contributed by atoms with Crippen LogP contribution in [0.4, 0.5) is 0 Å². The second kappa shape index (κ2) is 4.55. The summed E-state index contributed by atoms with van der Waals surface area (Å²) in [5.74, 6) is -0.00262. The largest absolute Gasteiger partial charge is 0.359 e. The molecule has 0 radical (unpaired) electrons. The van der Waals surface area contributed by atoms with Crippen molar-refractivity contribution in [3.05, 3.63) is 27.9 Å². The number of thiophene rings is 1. The summed E-state index contributed by atoms with van der Waals surface area (Å²) in [6.45, 7) is 0. The summed E-state index contributed by atoms with van der Waals surface area (Å²) in [6.07, 6.45) is 0.358. The maximum absolute atomic E-state index is 11.1. The molecule has 0 spiro atoms. The molecule has 1 amide bonds. The molecule has 2 aromatic rings. The van der Waals surface area contributed by atoms with Crippen LogP contribution in [0, 0.1) is 0 Å². The van der Waals surface area contributed by atoms with Gasteiger partial charge < -0.3 is 5.32 Å². The molecule has 78 valence electrons. The molecule has 0 aliphatic carbocycles. The SMILES string of the molecule is CNC(=O)Cc1csc(-c2ccsc2)n1. The van der Waals surface area contributed by atoms with Crippen molar-refractivity contribution in [1.29, 1.82) is 0 Å². The lowest BCUT2D eigenvalue weighted by atomic mass is 10.3. The summed E-state index contributed by atoms with van der Waals surface area (Å²) in [5.41, 5.74) is 1.97. The number of rotatable bonds is 3. The Kier molecular flexibility index (Phi) is 3.13. The summed E-state index contributed by atoms with van der Waals surface area (Å²) in [4.78, 5) is 15.5. The predicted octanol–water partition coefficient (Wildman–Crippen LogP) is 2.16. The van der Waals surface area contributed by atoms with Gasteiger partial charge in [0.2, 0.25) is 5.91 Å². The van der Waals surface area contributed by atoms with Crippen molar-refractivity contribution in [2.75, 3.05) is 7.05 Å². The van der Waals surface area contributed by atoms with E-state index < -0.39 is 0 Å². The molecule has 0 fully saturated rings.